The standard InChI is InChI=1S/C11H15N2/c1-2-8-13-9-7-12-10-5-3-4-6-11(10)13/h3-6,12H,1-2,7-9H2. The molecule has 0 saturated carbocycles. The number of rotatable bonds is 2. The minimum atomic E-state index is 0.967. The highest BCUT2D eigenvalue weighted by Crippen LogP contribution is 2.27. The van der Waals surface area contributed by atoms with E-state index >= 15 is 0 Å². The van der Waals surface area contributed by atoms with Crippen molar-refractivity contribution in [3.8, 4) is 0 Å². The molecule has 2 heteroatoms. The van der Waals surface area contributed by atoms with Gasteiger partial charge in [0.15, 0.2) is 0 Å². The molecule has 0 unspecified atom stereocenters. The van der Waals surface area contributed by atoms with Crippen molar-refractivity contribution in [2.75, 3.05) is 29.9 Å². The Balaban J connectivity index is 2.26. The summed E-state index contributed by atoms with van der Waals surface area (Å²) in [6.45, 7) is 7.07. The van der Waals surface area contributed by atoms with E-state index in [2.05, 4.69) is 41.4 Å². The second kappa shape index (κ2) is 3.69. The average Bonchev–Trinajstić information content (AvgIpc) is 2.19. The summed E-state index contributed by atoms with van der Waals surface area (Å²) < 4.78 is 0. The molecule has 1 N–H and O–H groups in total. The lowest BCUT2D eigenvalue weighted by Gasteiger charge is -2.31. The van der Waals surface area contributed by atoms with Crippen LogP contribution in [0.15, 0.2) is 24.3 Å². The van der Waals surface area contributed by atoms with Gasteiger partial charge in [0.25, 0.3) is 0 Å². The molecule has 0 amide bonds. The van der Waals surface area contributed by atoms with Crippen molar-refractivity contribution in [1.29, 1.82) is 0 Å². The van der Waals surface area contributed by atoms with Crippen molar-refractivity contribution in [2.24, 2.45) is 0 Å². The molecule has 1 heterocycles. The summed E-state index contributed by atoms with van der Waals surface area (Å²) in [5.74, 6) is 0. The summed E-state index contributed by atoms with van der Waals surface area (Å²) in [6.07, 6.45) is 0.967. The SMILES string of the molecule is [CH2]CCN1CCNc2ccccc21. The van der Waals surface area contributed by atoms with E-state index in [0.717, 1.165) is 26.1 Å². The predicted molar refractivity (Wildman–Crippen MR) is 57.1 cm³/mol. The largest absolute Gasteiger partial charge is 0.382 e. The van der Waals surface area contributed by atoms with Crippen LogP contribution in [0.5, 0.6) is 0 Å². The molecule has 0 fully saturated rings. The van der Waals surface area contributed by atoms with Crippen LogP contribution in [0.25, 0.3) is 0 Å². The first-order valence-corrected chi connectivity index (χ1v) is 4.79. The van der Waals surface area contributed by atoms with Gasteiger partial charge in [-0.3, -0.25) is 0 Å². The molecule has 69 valence electrons. The van der Waals surface area contributed by atoms with Gasteiger partial charge in [0.05, 0.1) is 11.4 Å². The Bertz CT molecular complexity index is 283. The maximum Gasteiger partial charge on any atom is 0.0602 e. The number of hydrogen-bond acceptors (Lipinski definition) is 2. The number of benzene rings is 1. The van der Waals surface area contributed by atoms with Crippen molar-refractivity contribution < 1.29 is 0 Å². The first-order chi connectivity index (χ1) is 6.42. The normalized spacial score (nSPS) is 15.0. The summed E-state index contributed by atoms with van der Waals surface area (Å²) >= 11 is 0. The molecule has 0 aliphatic carbocycles. The van der Waals surface area contributed by atoms with E-state index in [0.29, 0.717) is 0 Å². The van der Waals surface area contributed by atoms with Crippen LogP contribution >= 0.6 is 0 Å². The third-order valence-electron chi connectivity index (χ3n) is 2.37. The van der Waals surface area contributed by atoms with Crippen molar-refractivity contribution in [3.63, 3.8) is 0 Å². The van der Waals surface area contributed by atoms with Gasteiger partial charge in [-0.1, -0.05) is 19.1 Å². The van der Waals surface area contributed by atoms with Gasteiger partial charge in [-0.2, -0.15) is 0 Å². The van der Waals surface area contributed by atoms with Crippen LogP contribution in [0, 0.1) is 6.92 Å². The lowest BCUT2D eigenvalue weighted by molar-refractivity contribution is 0.782. The molecule has 1 aliphatic rings. The highest BCUT2D eigenvalue weighted by Gasteiger charge is 2.13. The zero-order chi connectivity index (χ0) is 9.10. The predicted octanol–water partition coefficient (Wildman–Crippen LogP) is 2.14. The number of nitrogens with one attached hydrogen (secondary N) is 1. The molecule has 1 aliphatic heterocycles. The van der Waals surface area contributed by atoms with Crippen molar-refractivity contribution in [3.05, 3.63) is 31.2 Å². The van der Waals surface area contributed by atoms with Gasteiger partial charge in [-0.05, 0) is 18.6 Å². The fourth-order valence-corrected chi connectivity index (χ4v) is 1.77. The number of hydrogen-bond donors (Lipinski definition) is 1. The smallest absolute Gasteiger partial charge is 0.0602 e. The van der Waals surface area contributed by atoms with E-state index in [1.807, 2.05) is 0 Å². The minimum Gasteiger partial charge on any atom is -0.382 e. The zero-order valence-electron chi connectivity index (χ0n) is 7.79. The third-order valence-corrected chi connectivity index (χ3v) is 2.37. The van der Waals surface area contributed by atoms with Gasteiger partial charge in [0.2, 0.25) is 0 Å². The Morgan fingerprint density at radius 2 is 2.23 bits per heavy atom. The van der Waals surface area contributed by atoms with Crippen LogP contribution in [0.4, 0.5) is 11.4 Å². The van der Waals surface area contributed by atoms with Crippen LogP contribution in [0.3, 0.4) is 0 Å². The maximum absolute atomic E-state index is 3.89. The highest BCUT2D eigenvalue weighted by atomic mass is 15.2. The zero-order valence-corrected chi connectivity index (χ0v) is 7.79. The summed E-state index contributed by atoms with van der Waals surface area (Å²) in [5.41, 5.74) is 2.57. The van der Waals surface area contributed by atoms with Crippen molar-refractivity contribution >= 4 is 11.4 Å². The summed E-state index contributed by atoms with van der Waals surface area (Å²) in [5, 5.41) is 3.39. The lowest BCUT2D eigenvalue weighted by Crippen LogP contribution is -2.34. The van der Waals surface area contributed by atoms with E-state index < -0.39 is 0 Å². The van der Waals surface area contributed by atoms with Crippen LogP contribution in [-0.4, -0.2) is 19.6 Å². The molecule has 0 aromatic heterocycles. The van der Waals surface area contributed by atoms with Crippen molar-refractivity contribution in [2.45, 2.75) is 6.42 Å². The average molecular weight is 175 g/mol. The van der Waals surface area contributed by atoms with Gasteiger partial charge in [-0.15, -0.1) is 0 Å². The van der Waals surface area contributed by atoms with Crippen LogP contribution in [0.2, 0.25) is 0 Å². The van der Waals surface area contributed by atoms with Gasteiger partial charge >= 0.3 is 0 Å². The topological polar surface area (TPSA) is 15.3 Å². The first-order valence-electron chi connectivity index (χ1n) is 4.79. The molecule has 1 aromatic rings. The highest BCUT2D eigenvalue weighted by molar-refractivity contribution is 5.71. The van der Waals surface area contributed by atoms with Gasteiger partial charge in [-0.25, -0.2) is 0 Å². The second-order valence-corrected chi connectivity index (χ2v) is 3.28. The molecule has 1 aromatic carbocycles. The second-order valence-electron chi connectivity index (χ2n) is 3.28. The molecular formula is C11H15N2. The monoisotopic (exact) mass is 175 g/mol. The molecule has 1 radical (unpaired) electrons. The van der Waals surface area contributed by atoms with Crippen LogP contribution < -0.4 is 10.2 Å². The first kappa shape index (κ1) is 8.42. The molecule has 0 spiro atoms. The minimum absolute atomic E-state index is 0.967. The number of fused-ring (bicyclic) bond motifs is 1. The number of nitrogens with zero attached hydrogens (tertiary/aromatic N) is 1. The number of para-hydroxylation sites is 2. The van der Waals surface area contributed by atoms with E-state index in [1.54, 1.807) is 0 Å². The summed E-state index contributed by atoms with van der Waals surface area (Å²) in [4.78, 5) is 2.39. The molecule has 2 nitrogen and oxygen atoms in total. The maximum atomic E-state index is 3.89. The number of anilines is 2. The quantitative estimate of drug-likeness (QED) is 0.741. The summed E-state index contributed by atoms with van der Waals surface area (Å²) in [6, 6.07) is 8.45. The van der Waals surface area contributed by atoms with E-state index in [9.17, 15) is 0 Å². The Labute approximate surface area is 79.6 Å². The van der Waals surface area contributed by atoms with E-state index in [4.69, 9.17) is 0 Å². The van der Waals surface area contributed by atoms with Crippen LogP contribution in [0.1, 0.15) is 6.42 Å². The van der Waals surface area contributed by atoms with Crippen LogP contribution in [-0.2, 0) is 0 Å². The fraction of sp³-hybridized carbons (Fsp3) is 0.364. The fourth-order valence-electron chi connectivity index (χ4n) is 1.77. The van der Waals surface area contributed by atoms with E-state index in [-0.39, 0.29) is 0 Å². The molecular weight excluding hydrogens is 160 g/mol. The molecule has 0 atom stereocenters. The third kappa shape index (κ3) is 1.62. The lowest BCUT2D eigenvalue weighted by atomic mass is 10.2. The van der Waals surface area contributed by atoms with Crippen molar-refractivity contribution in [1.82, 2.24) is 0 Å². The Morgan fingerprint density at radius 3 is 3.08 bits per heavy atom. The molecule has 2 rings (SSSR count). The van der Waals surface area contributed by atoms with E-state index in [1.165, 1.54) is 11.4 Å². The Hall–Kier alpha value is -1.18. The molecule has 0 bridgehead atoms. The molecule has 13 heavy (non-hydrogen) atoms. The van der Waals surface area contributed by atoms with Gasteiger partial charge < -0.3 is 10.2 Å². The Kier molecular flexibility index (Phi) is 2.39. The van der Waals surface area contributed by atoms with Gasteiger partial charge in [0, 0.05) is 19.6 Å². The summed E-state index contributed by atoms with van der Waals surface area (Å²) in [7, 11) is 0. The Morgan fingerprint density at radius 1 is 1.38 bits per heavy atom. The van der Waals surface area contributed by atoms with Gasteiger partial charge in [0.1, 0.15) is 0 Å². The molecule has 0 saturated heterocycles.